The maximum atomic E-state index is 12.8. The zero-order valence-corrected chi connectivity index (χ0v) is 16.5. The van der Waals surface area contributed by atoms with E-state index < -0.39 is 0 Å². The summed E-state index contributed by atoms with van der Waals surface area (Å²) < 4.78 is 5.03. The summed E-state index contributed by atoms with van der Waals surface area (Å²) in [5.41, 5.74) is 5.64. The standard InChI is InChI=1S/C21H22N4OS/c1-14-20(15(2)25(23-14)11-9-16-7-5-4-6-8-16)22-21(26)18-13-19-17(24(18)3)10-12-27-19/h4-8,10,12-13H,9,11H2,1-3H3,(H,22,26). The van der Waals surface area contributed by atoms with E-state index in [0.29, 0.717) is 5.69 Å². The molecule has 6 heteroatoms. The Kier molecular flexibility index (Phi) is 4.58. The number of amides is 1. The van der Waals surface area contributed by atoms with E-state index in [-0.39, 0.29) is 5.91 Å². The third-order valence-electron chi connectivity index (χ3n) is 4.97. The Morgan fingerprint density at radius 3 is 2.70 bits per heavy atom. The van der Waals surface area contributed by atoms with Crippen LogP contribution in [0.5, 0.6) is 0 Å². The van der Waals surface area contributed by atoms with Gasteiger partial charge < -0.3 is 9.88 Å². The van der Waals surface area contributed by atoms with Gasteiger partial charge in [-0.15, -0.1) is 11.3 Å². The van der Waals surface area contributed by atoms with Crippen LogP contribution in [0.1, 0.15) is 27.4 Å². The van der Waals surface area contributed by atoms with Gasteiger partial charge in [-0.05, 0) is 43.3 Å². The van der Waals surface area contributed by atoms with Gasteiger partial charge >= 0.3 is 0 Å². The van der Waals surface area contributed by atoms with Gasteiger partial charge in [0, 0.05) is 13.6 Å². The van der Waals surface area contributed by atoms with Gasteiger partial charge in [0.25, 0.3) is 5.91 Å². The monoisotopic (exact) mass is 378 g/mol. The van der Waals surface area contributed by atoms with Gasteiger partial charge in [-0.3, -0.25) is 9.48 Å². The van der Waals surface area contributed by atoms with Crippen molar-refractivity contribution in [3.63, 3.8) is 0 Å². The lowest BCUT2D eigenvalue weighted by Gasteiger charge is -2.08. The minimum atomic E-state index is -0.102. The van der Waals surface area contributed by atoms with Crippen LogP contribution in [0.3, 0.4) is 0 Å². The quantitative estimate of drug-likeness (QED) is 0.554. The zero-order valence-electron chi connectivity index (χ0n) is 15.7. The molecule has 0 unspecified atom stereocenters. The first-order valence-electron chi connectivity index (χ1n) is 8.97. The molecule has 4 aromatic rings. The number of nitrogens with zero attached hydrogens (tertiary/aromatic N) is 3. The number of benzene rings is 1. The number of rotatable bonds is 5. The maximum absolute atomic E-state index is 12.8. The second-order valence-corrected chi connectivity index (χ2v) is 7.67. The predicted octanol–water partition coefficient (Wildman–Crippen LogP) is 4.55. The van der Waals surface area contributed by atoms with E-state index in [0.717, 1.165) is 40.3 Å². The van der Waals surface area contributed by atoms with Crippen molar-refractivity contribution < 1.29 is 4.79 Å². The molecule has 1 aromatic carbocycles. The zero-order chi connectivity index (χ0) is 19.0. The Balaban J connectivity index is 1.53. The van der Waals surface area contributed by atoms with Gasteiger partial charge in [0.1, 0.15) is 5.69 Å². The molecule has 0 atom stereocenters. The molecule has 0 saturated heterocycles. The van der Waals surface area contributed by atoms with E-state index in [9.17, 15) is 4.79 Å². The molecular formula is C21H22N4OS. The van der Waals surface area contributed by atoms with Gasteiger partial charge in [-0.1, -0.05) is 30.3 Å². The van der Waals surface area contributed by atoms with Crippen LogP contribution in [0.4, 0.5) is 5.69 Å². The molecule has 1 N–H and O–H groups in total. The number of aromatic nitrogens is 3. The molecule has 0 aliphatic carbocycles. The Morgan fingerprint density at radius 1 is 1.19 bits per heavy atom. The number of nitrogens with one attached hydrogen (secondary N) is 1. The largest absolute Gasteiger partial charge is 0.339 e. The summed E-state index contributed by atoms with van der Waals surface area (Å²) in [5.74, 6) is -0.102. The summed E-state index contributed by atoms with van der Waals surface area (Å²) in [6.45, 7) is 4.72. The summed E-state index contributed by atoms with van der Waals surface area (Å²) in [6, 6.07) is 14.3. The molecule has 3 aromatic heterocycles. The second kappa shape index (κ2) is 7.04. The number of fused-ring (bicyclic) bond motifs is 1. The highest BCUT2D eigenvalue weighted by molar-refractivity contribution is 7.17. The molecule has 138 valence electrons. The number of hydrogen-bond acceptors (Lipinski definition) is 3. The van der Waals surface area contributed by atoms with Crippen molar-refractivity contribution in [2.24, 2.45) is 7.05 Å². The fourth-order valence-corrected chi connectivity index (χ4v) is 4.27. The molecule has 0 spiro atoms. The van der Waals surface area contributed by atoms with Crippen molar-refractivity contribution in [3.05, 3.63) is 70.5 Å². The van der Waals surface area contributed by atoms with Crippen LogP contribution < -0.4 is 5.32 Å². The van der Waals surface area contributed by atoms with Crippen LogP contribution in [0, 0.1) is 13.8 Å². The minimum absolute atomic E-state index is 0.102. The highest BCUT2D eigenvalue weighted by Crippen LogP contribution is 2.26. The lowest BCUT2D eigenvalue weighted by Crippen LogP contribution is -2.16. The Morgan fingerprint density at radius 2 is 1.96 bits per heavy atom. The lowest BCUT2D eigenvalue weighted by molar-refractivity contribution is 0.101. The third-order valence-corrected chi connectivity index (χ3v) is 5.82. The van der Waals surface area contributed by atoms with Crippen LogP contribution in [0.25, 0.3) is 10.2 Å². The van der Waals surface area contributed by atoms with Gasteiger partial charge in [0.05, 0.1) is 27.3 Å². The third kappa shape index (κ3) is 3.28. The number of anilines is 1. The van der Waals surface area contributed by atoms with E-state index in [2.05, 4.69) is 22.5 Å². The van der Waals surface area contributed by atoms with Crippen molar-refractivity contribution in [1.29, 1.82) is 0 Å². The van der Waals surface area contributed by atoms with E-state index in [4.69, 9.17) is 0 Å². The molecule has 0 aliphatic heterocycles. The fourth-order valence-electron chi connectivity index (χ4n) is 3.42. The molecule has 27 heavy (non-hydrogen) atoms. The Bertz CT molecular complexity index is 1100. The van der Waals surface area contributed by atoms with Gasteiger partial charge in [-0.2, -0.15) is 5.10 Å². The summed E-state index contributed by atoms with van der Waals surface area (Å²) in [4.78, 5) is 12.8. The van der Waals surface area contributed by atoms with Gasteiger partial charge in [0.2, 0.25) is 0 Å². The topological polar surface area (TPSA) is 51.9 Å². The first kappa shape index (κ1) is 17.5. The first-order valence-corrected chi connectivity index (χ1v) is 9.85. The van der Waals surface area contributed by atoms with Crippen molar-refractivity contribution >= 4 is 33.1 Å². The molecule has 0 saturated carbocycles. The lowest BCUT2D eigenvalue weighted by atomic mass is 10.1. The smallest absolute Gasteiger partial charge is 0.272 e. The number of hydrogen-bond donors (Lipinski definition) is 1. The molecule has 3 heterocycles. The molecule has 0 aliphatic rings. The number of carbonyl (C=O) groups is 1. The molecule has 0 fully saturated rings. The van der Waals surface area contributed by atoms with Gasteiger partial charge in [0.15, 0.2) is 0 Å². The van der Waals surface area contributed by atoms with Crippen molar-refractivity contribution in [2.45, 2.75) is 26.8 Å². The van der Waals surface area contributed by atoms with Crippen molar-refractivity contribution in [1.82, 2.24) is 14.3 Å². The Hall–Kier alpha value is -2.86. The van der Waals surface area contributed by atoms with Crippen LogP contribution in [-0.4, -0.2) is 20.3 Å². The summed E-state index contributed by atoms with van der Waals surface area (Å²) in [7, 11) is 1.92. The van der Waals surface area contributed by atoms with Crippen LogP contribution >= 0.6 is 11.3 Å². The van der Waals surface area contributed by atoms with Crippen LogP contribution in [-0.2, 0) is 20.0 Å². The molecular weight excluding hydrogens is 356 g/mol. The molecule has 1 amide bonds. The van der Waals surface area contributed by atoms with Crippen LogP contribution in [0.2, 0.25) is 0 Å². The normalized spacial score (nSPS) is 11.2. The van der Waals surface area contributed by atoms with E-state index in [1.54, 1.807) is 11.3 Å². The van der Waals surface area contributed by atoms with Crippen molar-refractivity contribution in [3.8, 4) is 0 Å². The van der Waals surface area contributed by atoms with E-state index in [1.165, 1.54) is 5.56 Å². The maximum Gasteiger partial charge on any atom is 0.272 e. The second-order valence-electron chi connectivity index (χ2n) is 6.72. The summed E-state index contributed by atoms with van der Waals surface area (Å²) in [5, 5.41) is 9.73. The highest BCUT2D eigenvalue weighted by atomic mass is 32.1. The minimum Gasteiger partial charge on any atom is -0.339 e. The number of thiophene rings is 1. The molecule has 0 radical (unpaired) electrons. The first-order chi connectivity index (χ1) is 13.0. The highest BCUT2D eigenvalue weighted by Gasteiger charge is 2.18. The average molecular weight is 379 g/mol. The van der Waals surface area contributed by atoms with Gasteiger partial charge in [-0.25, -0.2) is 0 Å². The SMILES string of the molecule is Cc1nn(CCc2ccccc2)c(C)c1NC(=O)c1cc2sccc2n1C. The molecule has 5 nitrogen and oxygen atoms in total. The predicted molar refractivity (Wildman–Crippen MR) is 111 cm³/mol. The van der Waals surface area contributed by atoms with Crippen LogP contribution in [0.15, 0.2) is 47.8 Å². The molecule has 4 rings (SSSR count). The molecule has 0 bridgehead atoms. The number of aryl methyl sites for hydroxylation is 4. The Labute approximate surface area is 162 Å². The summed E-state index contributed by atoms with van der Waals surface area (Å²) >= 11 is 1.64. The summed E-state index contributed by atoms with van der Waals surface area (Å²) in [6.07, 6.45) is 0.907. The van der Waals surface area contributed by atoms with E-state index >= 15 is 0 Å². The number of carbonyl (C=O) groups excluding carboxylic acids is 1. The van der Waals surface area contributed by atoms with Crippen molar-refractivity contribution in [2.75, 3.05) is 5.32 Å². The average Bonchev–Trinajstić information content (AvgIpc) is 3.32. The fraction of sp³-hybridized carbons (Fsp3) is 0.238. The van der Waals surface area contributed by atoms with E-state index in [1.807, 2.05) is 65.9 Å².